The van der Waals surface area contributed by atoms with Gasteiger partial charge in [0.2, 0.25) is 0 Å². The second-order valence-corrected chi connectivity index (χ2v) is 5.46. The molecule has 0 aliphatic rings. The highest BCUT2D eigenvalue weighted by Gasteiger charge is 2.09. The summed E-state index contributed by atoms with van der Waals surface area (Å²) in [5.41, 5.74) is 10.1. The third-order valence-electron chi connectivity index (χ3n) is 3.84. The molecule has 1 heterocycles. The van der Waals surface area contributed by atoms with Gasteiger partial charge >= 0.3 is 0 Å². The monoisotopic (exact) mass is 319 g/mol. The van der Waals surface area contributed by atoms with Crippen molar-refractivity contribution in [1.82, 2.24) is 9.97 Å². The van der Waals surface area contributed by atoms with Crippen LogP contribution in [0, 0.1) is 0 Å². The highest BCUT2D eigenvalue weighted by atomic mass is 15.1. The molecule has 4 N–H and O–H groups in total. The molecule has 24 heavy (non-hydrogen) atoms. The van der Waals surface area contributed by atoms with Crippen LogP contribution in [0.1, 0.15) is 18.1 Å². The van der Waals surface area contributed by atoms with Crippen molar-refractivity contribution in [3.05, 3.63) is 72.1 Å². The first-order chi connectivity index (χ1) is 11.8. The molecule has 0 spiro atoms. The van der Waals surface area contributed by atoms with Crippen molar-refractivity contribution in [3.8, 4) is 0 Å². The van der Waals surface area contributed by atoms with E-state index in [0.717, 1.165) is 12.1 Å². The van der Waals surface area contributed by atoms with E-state index in [1.165, 1.54) is 17.5 Å². The van der Waals surface area contributed by atoms with Crippen LogP contribution in [0.5, 0.6) is 0 Å². The van der Waals surface area contributed by atoms with Gasteiger partial charge in [-0.3, -0.25) is 0 Å². The van der Waals surface area contributed by atoms with Gasteiger partial charge in [0.05, 0.1) is 0 Å². The van der Waals surface area contributed by atoms with Gasteiger partial charge in [-0.05, 0) is 23.6 Å². The lowest BCUT2D eigenvalue weighted by molar-refractivity contribution is 1.08. The van der Waals surface area contributed by atoms with Crippen molar-refractivity contribution in [3.63, 3.8) is 0 Å². The lowest BCUT2D eigenvalue weighted by atomic mass is 10.1. The number of rotatable bonds is 6. The molecule has 0 bridgehead atoms. The van der Waals surface area contributed by atoms with Crippen LogP contribution in [-0.4, -0.2) is 9.97 Å². The van der Waals surface area contributed by atoms with Crippen LogP contribution >= 0.6 is 0 Å². The minimum Gasteiger partial charge on any atom is -0.393 e. The third kappa shape index (κ3) is 3.63. The van der Waals surface area contributed by atoms with Crippen LogP contribution in [0.3, 0.4) is 0 Å². The standard InChI is InChI=1S/C19H21N5/c1-2-15-10-6-7-11-16(15)24-19-17(20)18(22-13-23-19)21-12-14-8-4-3-5-9-14/h3-11,13H,2,12,20H2,1H3,(H2,21,22,23,24). The van der Waals surface area contributed by atoms with Gasteiger partial charge in [0.25, 0.3) is 0 Å². The Balaban J connectivity index is 1.78. The molecule has 2 aromatic carbocycles. The maximum atomic E-state index is 6.24. The summed E-state index contributed by atoms with van der Waals surface area (Å²) in [7, 11) is 0. The number of nitrogens with two attached hydrogens (primary N) is 1. The third-order valence-corrected chi connectivity index (χ3v) is 3.84. The smallest absolute Gasteiger partial charge is 0.159 e. The summed E-state index contributed by atoms with van der Waals surface area (Å²) in [5.74, 6) is 1.24. The van der Waals surface area contributed by atoms with Crippen molar-refractivity contribution < 1.29 is 0 Å². The Kier molecular flexibility index (Phi) is 4.91. The van der Waals surface area contributed by atoms with E-state index in [0.29, 0.717) is 23.9 Å². The molecular weight excluding hydrogens is 298 g/mol. The Bertz CT molecular complexity index is 802. The van der Waals surface area contributed by atoms with E-state index in [4.69, 9.17) is 5.73 Å². The quantitative estimate of drug-likeness (QED) is 0.641. The molecule has 122 valence electrons. The van der Waals surface area contributed by atoms with E-state index >= 15 is 0 Å². The number of aryl methyl sites for hydroxylation is 1. The Morgan fingerprint density at radius 2 is 1.62 bits per heavy atom. The van der Waals surface area contributed by atoms with Crippen molar-refractivity contribution in [2.45, 2.75) is 19.9 Å². The van der Waals surface area contributed by atoms with Gasteiger partial charge in [-0.1, -0.05) is 55.5 Å². The molecule has 0 radical (unpaired) electrons. The zero-order valence-electron chi connectivity index (χ0n) is 13.7. The average Bonchev–Trinajstić information content (AvgIpc) is 2.64. The fraction of sp³-hybridized carbons (Fsp3) is 0.158. The van der Waals surface area contributed by atoms with Gasteiger partial charge in [0, 0.05) is 12.2 Å². The average molecular weight is 319 g/mol. The lowest BCUT2D eigenvalue weighted by Crippen LogP contribution is -2.08. The fourth-order valence-electron chi connectivity index (χ4n) is 2.50. The molecule has 5 nitrogen and oxygen atoms in total. The summed E-state index contributed by atoms with van der Waals surface area (Å²) in [6.45, 7) is 2.78. The molecule has 1 aromatic heterocycles. The highest BCUT2D eigenvalue weighted by molar-refractivity contribution is 5.78. The highest BCUT2D eigenvalue weighted by Crippen LogP contribution is 2.27. The minimum atomic E-state index is 0.513. The molecule has 0 saturated heterocycles. The molecule has 5 heteroatoms. The van der Waals surface area contributed by atoms with Crippen LogP contribution < -0.4 is 16.4 Å². The van der Waals surface area contributed by atoms with E-state index in [2.05, 4.69) is 45.7 Å². The van der Waals surface area contributed by atoms with Crippen molar-refractivity contribution in [1.29, 1.82) is 0 Å². The predicted octanol–water partition coefficient (Wildman–Crippen LogP) is 3.98. The van der Waals surface area contributed by atoms with Crippen LogP contribution in [0.25, 0.3) is 0 Å². The van der Waals surface area contributed by atoms with Gasteiger partial charge in [-0.2, -0.15) is 0 Å². The van der Waals surface area contributed by atoms with Crippen LogP contribution in [0.15, 0.2) is 60.9 Å². The molecule has 0 unspecified atom stereocenters. The van der Waals surface area contributed by atoms with E-state index in [9.17, 15) is 0 Å². The van der Waals surface area contributed by atoms with Crippen LogP contribution in [0.2, 0.25) is 0 Å². The van der Waals surface area contributed by atoms with Gasteiger partial charge in [-0.25, -0.2) is 9.97 Å². The predicted molar refractivity (Wildman–Crippen MR) is 99.3 cm³/mol. The fourth-order valence-corrected chi connectivity index (χ4v) is 2.50. The second-order valence-electron chi connectivity index (χ2n) is 5.46. The number of aromatic nitrogens is 2. The van der Waals surface area contributed by atoms with Gasteiger partial charge in [0.1, 0.15) is 12.0 Å². The van der Waals surface area contributed by atoms with Crippen molar-refractivity contribution >= 4 is 23.0 Å². The maximum Gasteiger partial charge on any atom is 0.159 e. The molecule has 0 aliphatic heterocycles. The summed E-state index contributed by atoms with van der Waals surface area (Å²) in [6, 6.07) is 18.3. The largest absolute Gasteiger partial charge is 0.393 e. The van der Waals surface area contributed by atoms with Crippen molar-refractivity contribution in [2.24, 2.45) is 0 Å². The Morgan fingerprint density at radius 1 is 0.917 bits per heavy atom. The van der Waals surface area contributed by atoms with Gasteiger partial charge in [0.15, 0.2) is 11.6 Å². The van der Waals surface area contributed by atoms with E-state index < -0.39 is 0 Å². The summed E-state index contributed by atoms with van der Waals surface area (Å²) >= 11 is 0. The van der Waals surface area contributed by atoms with Crippen molar-refractivity contribution in [2.75, 3.05) is 16.4 Å². The number of nitrogens with one attached hydrogen (secondary N) is 2. The Hall–Kier alpha value is -3.08. The normalized spacial score (nSPS) is 10.4. The topological polar surface area (TPSA) is 75.9 Å². The summed E-state index contributed by atoms with van der Waals surface area (Å²) in [5, 5.41) is 6.58. The molecule has 0 saturated carbocycles. The number of hydrogen-bond acceptors (Lipinski definition) is 5. The van der Waals surface area contributed by atoms with Crippen LogP contribution in [0.4, 0.5) is 23.0 Å². The molecule has 0 aliphatic carbocycles. The summed E-state index contributed by atoms with van der Waals surface area (Å²) in [4.78, 5) is 8.53. The van der Waals surface area contributed by atoms with E-state index in [-0.39, 0.29) is 0 Å². The van der Waals surface area contributed by atoms with Crippen LogP contribution in [-0.2, 0) is 13.0 Å². The van der Waals surface area contributed by atoms with Gasteiger partial charge in [-0.15, -0.1) is 0 Å². The molecular formula is C19H21N5. The molecule has 0 atom stereocenters. The zero-order valence-corrected chi connectivity index (χ0v) is 13.7. The summed E-state index contributed by atoms with van der Waals surface area (Å²) in [6.07, 6.45) is 2.45. The molecule has 0 amide bonds. The molecule has 3 rings (SSSR count). The maximum absolute atomic E-state index is 6.24. The first-order valence-electron chi connectivity index (χ1n) is 8.01. The minimum absolute atomic E-state index is 0.513. The Morgan fingerprint density at radius 3 is 2.42 bits per heavy atom. The first kappa shape index (κ1) is 15.8. The number of benzene rings is 2. The zero-order chi connectivity index (χ0) is 16.8. The number of nitrogen functional groups attached to an aromatic ring is 1. The van der Waals surface area contributed by atoms with E-state index in [1.807, 2.05) is 36.4 Å². The summed E-state index contributed by atoms with van der Waals surface area (Å²) < 4.78 is 0. The number of para-hydroxylation sites is 1. The second kappa shape index (κ2) is 7.46. The molecule has 0 fully saturated rings. The number of nitrogens with zero attached hydrogens (tertiary/aromatic N) is 2. The number of anilines is 4. The number of hydrogen-bond donors (Lipinski definition) is 3. The van der Waals surface area contributed by atoms with Gasteiger partial charge < -0.3 is 16.4 Å². The first-order valence-corrected chi connectivity index (χ1v) is 8.01. The molecule has 3 aromatic rings. The Labute approximate surface area is 142 Å². The SMILES string of the molecule is CCc1ccccc1Nc1ncnc(NCc2ccccc2)c1N. The van der Waals surface area contributed by atoms with E-state index in [1.54, 1.807) is 0 Å². The lowest BCUT2D eigenvalue weighted by Gasteiger charge is -2.14.